The van der Waals surface area contributed by atoms with Crippen LogP contribution in [0.1, 0.15) is 20.9 Å². The Morgan fingerprint density at radius 2 is 2.00 bits per heavy atom. The fourth-order valence-electron chi connectivity index (χ4n) is 2.00. The van der Waals surface area contributed by atoms with Crippen LogP contribution >= 0.6 is 23.1 Å². The van der Waals surface area contributed by atoms with Crippen molar-refractivity contribution in [1.29, 1.82) is 0 Å². The molecule has 0 radical (unpaired) electrons. The van der Waals surface area contributed by atoms with E-state index in [9.17, 15) is 18.0 Å². The van der Waals surface area contributed by atoms with Gasteiger partial charge in [-0.1, -0.05) is 41.7 Å². The van der Waals surface area contributed by atoms with Crippen molar-refractivity contribution in [3.63, 3.8) is 0 Å². The number of rotatable bonds is 6. The van der Waals surface area contributed by atoms with Crippen molar-refractivity contribution >= 4 is 29.1 Å². The summed E-state index contributed by atoms with van der Waals surface area (Å²) in [5.41, 5.74) is -0.339. The Hall–Kier alpha value is -2.47. The molecule has 26 heavy (non-hydrogen) atoms. The smallest absolute Gasteiger partial charge is 0.435 e. The zero-order valence-electron chi connectivity index (χ0n) is 12.8. The number of aromatic carboxylic acids is 1. The number of carboxylic acids is 1. The van der Waals surface area contributed by atoms with Gasteiger partial charge in [-0.25, -0.2) is 9.78 Å². The van der Waals surface area contributed by atoms with Gasteiger partial charge in [0.2, 0.25) is 5.16 Å². The number of tetrazole rings is 1. The number of thiazole rings is 1. The standard InChI is InChI=1S/C14H10F3N5O2S2/c15-14(16,17)10-9(11(23)24)25-13(18-10)26-12-19-21-22(20-12)7-6-8-4-2-1-3-5-8/h1-5H,6-7H2,(H,23,24). The molecule has 7 nitrogen and oxygen atoms in total. The third-order valence-corrected chi connectivity index (χ3v) is 5.08. The number of carbonyl (C=O) groups is 1. The summed E-state index contributed by atoms with van der Waals surface area (Å²) >= 11 is 1.16. The van der Waals surface area contributed by atoms with Crippen LogP contribution in [0.2, 0.25) is 0 Å². The van der Waals surface area contributed by atoms with E-state index in [2.05, 4.69) is 20.4 Å². The number of halogens is 3. The van der Waals surface area contributed by atoms with Crippen molar-refractivity contribution in [2.45, 2.75) is 28.6 Å². The van der Waals surface area contributed by atoms with Gasteiger partial charge >= 0.3 is 12.1 Å². The van der Waals surface area contributed by atoms with Crippen LogP contribution in [0.25, 0.3) is 0 Å². The molecule has 0 amide bonds. The lowest BCUT2D eigenvalue weighted by Gasteiger charge is -2.02. The van der Waals surface area contributed by atoms with Gasteiger partial charge < -0.3 is 5.11 Å². The summed E-state index contributed by atoms with van der Waals surface area (Å²) in [4.78, 5) is 14.8. The van der Waals surface area contributed by atoms with Gasteiger partial charge in [0.1, 0.15) is 4.88 Å². The molecule has 1 aromatic carbocycles. The minimum atomic E-state index is -4.84. The van der Waals surface area contributed by atoms with Gasteiger partial charge in [-0.15, -0.1) is 10.2 Å². The van der Waals surface area contributed by atoms with Crippen molar-refractivity contribution in [2.24, 2.45) is 0 Å². The average molecular weight is 401 g/mol. The van der Waals surface area contributed by atoms with E-state index in [1.54, 1.807) is 0 Å². The molecule has 12 heteroatoms. The third-order valence-electron chi connectivity index (χ3n) is 3.13. The molecule has 0 saturated heterocycles. The van der Waals surface area contributed by atoms with Gasteiger partial charge in [0.15, 0.2) is 10.0 Å². The highest BCUT2D eigenvalue weighted by atomic mass is 32.2. The largest absolute Gasteiger partial charge is 0.477 e. The summed E-state index contributed by atoms with van der Waals surface area (Å²) < 4.78 is 38.4. The summed E-state index contributed by atoms with van der Waals surface area (Å²) in [5.74, 6) is -1.68. The van der Waals surface area contributed by atoms with Crippen molar-refractivity contribution in [1.82, 2.24) is 25.2 Å². The predicted octanol–water partition coefficient (Wildman–Crippen LogP) is 3.24. The van der Waals surface area contributed by atoms with E-state index in [0.29, 0.717) is 24.3 Å². The highest BCUT2D eigenvalue weighted by molar-refractivity contribution is 8.00. The van der Waals surface area contributed by atoms with Crippen LogP contribution in [0.15, 0.2) is 39.8 Å². The zero-order valence-corrected chi connectivity index (χ0v) is 14.5. The maximum Gasteiger partial charge on any atom is 0.435 e. The molecular formula is C14H10F3N5O2S2. The van der Waals surface area contributed by atoms with E-state index >= 15 is 0 Å². The Bertz CT molecular complexity index is 911. The Morgan fingerprint density at radius 3 is 2.62 bits per heavy atom. The number of benzene rings is 1. The summed E-state index contributed by atoms with van der Waals surface area (Å²) in [6.07, 6.45) is -4.18. The Kier molecular flexibility index (Phi) is 5.23. The molecule has 3 aromatic rings. The molecule has 2 heterocycles. The molecule has 0 aliphatic carbocycles. The maximum atomic E-state index is 12.9. The second-order valence-electron chi connectivity index (χ2n) is 4.97. The number of hydrogen-bond acceptors (Lipinski definition) is 7. The van der Waals surface area contributed by atoms with E-state index in [4.69, 9.17) is 5.11 Å². The SMILES string of the molecule is O=C(O)c1sc(Sc2nnn(CCc3ccccc3)n2)nc1C(F)(F)F. The van der Waals surface area contributed by atoms with Crippen LogP contribution < -0.4 is 0 Å². The summed E-state index contributed by atoms with van der Waals surface area (Å²) in [5, 5.41) is 20.6. The van der Waals surface area contributed by atoms with Crippen LogP contribution in [-0.2, 0) is 19.1 Å². The molecule has 1 N–H and O–H groups in total. The average Bonchev–Trinajstić information content (AvgIpc) is 3.21. The first kappa shape index (κ1) is 18.3. The molecule has 136 valence electrons. The lowest BCUT2D eigenvalue weighted by Crippen LogP contribution is -2.11. The summed E-state index contributed by atoms with van der Waals surface area (Å²) in [6, 6.07) is 9.63. The molecule has 0 spiro atoms. The predicted molar refractivity (Wildman–Crippen MR) is 86.2 cm³/mol. The molecule has 0 aliphatic heterocycles. The lowest BCUT2D eigenvalue weighted by molar-refractivity contribution is -0.141. The first-order valence-electron chi connectivity index (χ1n) is 7.14. The molecular weight excluding hydrogens is 391 g/mol. The minimum Gasteiger partial charge on any atom is -0.477 e. The third kappa shape index (κ3) is 4.38. The van der Waals surface area contributed by atoms with Crippen LogP contribution in [-0.4, -0.2) is 36.3 Å². The normalized spacial score (nSPS) is 11.7. The Morgan fingerprint density at radius 1 is 1.27 bits per heavy atom. The number of aryl methyl sites for hydroxylation is 2. The van der Waals surface area contributed by atoms with Gasteiger partial charge in [0.25, 0.3) is 0 Å². The van der Waals surface area contributed by atoms with E-state index in [-0.39, 0.29) is 9.50 Å². The number of aromatic nitrogens is 5. The van der Waals surface area contributed by atoms with Crippen molar-refractivity contribution in [2.75, 3.05) is 0 Å². The first-order chi connectivity index (χ1) is 12.3. The zero-order chi connectivity index (χ0) is 18.7. The first-order valence-corrected chi connectivity index (χ1v) is 8.77. The molecule has 3 rings (SSSR count). The van der Waals surface area contributed by atoms with Crippen LogP contribution in [0.4, 0.5) is 13.2 Å². The second kappa shape index (κ2) is 7.41. The van der Waals surface area contributed by atoms with Crippen LogP contribution in [0, 0.1) is 0 Å². The van der Waals surface area contributed by atoms with E-state index in [1.807, 2.05) is 30.3 Å². The molecule has 0 bridgehead atoms. The van der Waals surface area contributed by atoms with Gasteiger partial charge in [-0.05, 0) is 29.0 Å². The van der Waals surface area contributed by atoms with E-state index in [0.717, 1.165) is 17.3 Å². The van der Waals surface area contributed by atoms with E-state index < -0.39 is 22.7 Å². The summed E-state index contributed by atoms with van der Waals surface area (Å²) in [7, 11) is 0. The number of carboxylic acid groups (broad SMARTS) is 1. The molecule has 0 fully saturated rings. The minimum absolute atomic E-state index is 0.0949. The fourth-order valence-corrected chi connectivity index (χ4v) is 3.80. The van der Waals surface area contributed by atoms with Crippen LogP contribution in [0.3, 0.4) is 0 Å². The topological polar surface area (TPSA) is 93.8 Å². The molecule has 0 saturated carbocycles. The number of hydrogen-bond donors (Lipinski definition) is 1. The monoisotopic (exact) mass is 401 g/mol. The number of alkyl halides is 3. The summed E-state index contributed by atoms with van der Waals surface area (Å²) in [6.45, 7) is 0.448. The van der Waals surface area contributed by atoms with Gasteiger partial charge in [-0.2, -0.15) is 18.0 Å². The highest BCUT2D eigenvalue weighted by Crippen LogP contribution is 2.38. The Labute approximate surface area is 152 Å². The van der Waals surface area contributed by atoms with Crippen molar-refractivity contribution in [3.05, 3.63) is 46.5 Å². The molecule has 2 aromatic heterocycles. The highest BCUT2D eigenvalue weighted by Gasteiger charge is 2.40. The van der Waals surface area contributed by atoms with Gasteiger partial charge in [0, 0.05) is 0 Å². The quantitative estimate of drug-likeness (QED) is 0.678. The number of nitrogens with zero attached hydrogens (tertiary/aromatic N) is 5. The molecule has 0 atom stereocenters. The molecule has 0 unspecified atom stereocenters. The van der Waals surface area contributed by atoms with Crippen molar-refractivity contribution in [3.8, 4) is 0 Å². The Balaban J connectivity index is 1.70. The van der Waals surface area contributed by atoms with Gasteiger partial charge in [0.05, 0.1) is 6.54 Å². The van der Waals surface area contributed by atoms with Crippen molar-refractivity contribution < 1.29 is 23.1 Å². The molecule has 0 aliphatic rings. The lowest BCUT2D eigenvalue weighted by atomic mass is 10.2. The van der Waals surface area contributed by atoms with E-state index in [1.165, 1.54) is 4.80 Å². The van der Waals surface area contributed by atoms with Crippen LogP contribution in [0.5, 0.6) is 0 Å². The fraction of sp³-hybridized carbons (Fsp3) is 0.214. The second-order valence-corrected chi connectivity index (χ2v) is 7.18. The maximum absolute atomic E-state index is 12.9. The van der Waals surface area contributed by atoms with Gasteiger partial charge in [-0.3, -0.25) is 0 Å².